The number of anilines is 1. The summed E-state index contributed by atoms with van der Waals surface area (Å²) in [6.07, 6.45) is 7.84. The van der Waals surface area contributed by atoms with Crippen LogP contribution in [0.4, 0.5) is 5.69 Å². The summed E-state index contributed by atoms with van der Waals surface area (Å²) in [6, 6.07) is 11.1. The summed E-state index contributed by atoms with van der Waals surface area (Å²) in [5.74, 6) is 0. The lowest BCUT2D eigenvalue weighted by Gasteiger charge is -2.27. The van der Waals surface area contributed by atoms with E-state index in [1.807, 2.05) is 25.4 Å². The molecule has 0 spiro atoms. The lowest BCUT2D eigenvalue weighted by atomic mass is 9.93. The summed E-state index contributed by atoms with van der Waals surface area (Å²) in [5.41, 5.74) is 14.2. The highest BCUT2D eigenvalue weighted by atomic mass is 16.3. The van der Waals surface area contributed by atoms with E-state index >= 15 is 0 Å². The molecule has 2 aromatic carbocycles. The highest BCUT2D eigenvalue weighted by Crippen LogP contribution is 2.39. The first kappa shape index (κ1) is 18.8. The minimum Gasteiger partial charge on any atom is -0.398 e. The molecule has 0 atom stereocenters. The number of hydrogen-bond acceptors (Lipinski definition) is 3. The van der Waals surface area contributed by atoms with Crippen LogP contribution in [0.25, 0.3) is 22.0 Å². The molecule has 1 aliphatic carbocycles. The molecule has 3 N–H and O–H groups in total. The van der Waals surface area contributed by atoms with Crippen molar-refractivity contribution in [2.24, 2.45) is 4.99 Å². The highest BCUT2D eigenvalue weighted by molar-refractivity contribution is 6.01. The minimum atomic E-state index is -0.150. The molecular formula is C24H29N3O. The fraction of sp³-hybridized carbons (Fsp3) is 0.375. The summed E-state index contributed by atoms with van der Waals surface area (Å²) in [5, 5.41) is 11.2. The summed E-state index contributed by atoms with van der Waals surface area (Å²) in [4.78, 5) is 4.23. The monoisotopic (exact) mass is 375 g/mol. The number of benzene rings is 2. The largest absolute Gasteiger partial charge is 0.398 e. The fourth-order valence-corrected chi connectivity index (χ4v) is 4.49. The van der Waals surface area contributed by atoms with Gasteiger partial charge in [-0.25, -0.2) is 0 Å². The standard InChI is InChI=1S/C24H29N3O/c1-15-11-24-21(12-17(15)13-26-3)22(20-5-4-6-23(25)16(20)2)14-27(24)18-7-9-19(28)10-8-18/h4-6,11-14,18-19,28H,7-10,25H2,1-3H3. The molecule has 1 aromatic heterocycles. The van der Waals surface area contributed by atoms with Gasteiger partial charge >= 0.3 is 0 Å². The Morgan fingerprint density at radius 1 is 1.11 bits per heavy atom. The van der Waals surface area contributed by atoms with Crippen molar-refractivity contribution in [2.45, 2.75) is 51.7 Å². The molecule has 0 unspecified atom stereocenters. The number of fused-ring (bicyclic) bond motifs is 1. The van der Waals surface area contributed by atoms with Gasteiger partial charge in [0.1, 0.15) is 0 Å². The lowest BCUT2D eigenvalue weighted by Crippen LogP contribution is -2.20. The van der Waals surface area contributed by atoms with Crippen LogP contribution in [0.3, 0.4) is 0 Å². The second-order valence-electron chi connectivity index (χ2n) is 8.05. The van der Waals surface area contributed by atoms with Crippen molar-refractivity contribution in [2.75, 3.05) is 12.8 Å². The molecule has 4 nitrogen and oxygen atoms in total. The molecule has 28 heavy (non-hydrogen) atoms. The smallest absolute Gasteiger partial charge is 0.0541 e. The van der Waals surface area contributed by atoms with Gasteiger partial charge in [-0.3, -0.25) is 4.99 Å². The quantitative estimate of drug-likeness (QED) is 0.498. The minimum absolute atomic E-state index is 0.150. The number of rotatable bonds is 3. The third-order valence-corrected chi connectivity index (χ3v) is 6.21. The van der Waals surface area contributed by atoms with Crippen molar-refractivity contribution in [3.05, 3.63) is 53.2 Å². The van der Waals surface area contributed by atoms with Crippen LogP contribution >= 0.6 is 0 Å². The summed E-state index contributed by atoms with van der Waals surface area (Å²) in [7, 11) is 1.81. The number of hydrogen-bond donors (Lipinski definition) is 2. The molecular weight excluding hydrogens is 346 g/mol. The lowest BCUT2D eigenvalue weighted by molar-refractivity contribution is 0.111. The van der Waals surface area contributed by atoms with Crippen LogP contribution in [0.15, 0.2) is 41.5 Å². The van der Waals surface area contributed by atoms with Crippen molar-refractivity contribution in [3.8, 4) is 11.1 Å². The number of nitrogen functional groups attached to an aromatic ring is 1. The second kappa shape index (κ2) is 7.44. The predicted octanol–water partition coefficient (Wildman–Crippen LogP) is 5.03. The van der Waals surface area contributed by atoms with Crippen LogP contribution in [-0.2, 0) is 0 Å². The second-order valence-corrected chi connectivity index (χ2v) is 8.05. The van der Waals surface area contributed by atoms with Gasteiger partial charge in [-0.1, -0.05) is 12.1 Å². The van der Waals surface area contributed by atoms with Crippen LogP contribution in [-0.4, -0.2) is 29.0 Å². The first-order valence-corrected chi connectivity index (χ1v) is 10.1. The summed E-state index contributed by atoms with van der Waals surface area (Å²) >= 11 is 0. The Balaban J connectivity index is 1.95. The molecule has 0 radical (unpaired) electrons. The average Bonchev–Trinajstić information content (AvgIpc) is 3.03. The fourth-order valence-electron chi connectivity index (χ4n) is 4.49. The van der Waals surface area contributed by atoms with E-state index in [-0.39, 0.29) is 6.10 Å². The predicted molar refractivity (Wildman–Crippen MR) is 118 cm³/mol. The maximum absolute atomic E-state index is 9.94. The normalized spacial score (nSPS) is 20.3. The van der Waals surface area contributed by atoms with Crippen LogP contribution in [0.5, 0.6) is 0 Å². The van der Waals surface area contributed by atoms with Crippen LogP contribution < -0.4 is 5.73 Å². The SMILES string of the molecule is CN=Cc1cc2c(-c3cccc(N)c3C)cn(C3CCC(O)CC3)c2cc1C. The van der Waals surface area contributed by atoms with Crippen molar-refractivity contribution < 1.29 is 5.11 Å². The third kappa shape index (κ3) is 3.22. The first-order chi connectivity index (χ1) is 13.5. The Morgan fingerprint density at radius 2 is 1.86 bits per heavy atom. The molecule has 0 bridgehead atoms. The van der Waals surface area contributed by atoms with Crippen molar-refractivity contribution >= 4 is 22.8 Å². The van der Waals surface area contributed by atoms with Gasteiger partial charge in [0.15, 0.2) is 0 Å². The number of aryl methyl sites for hydroxylation is 1. The van der Waals surface area contributed by atoms with E-state index in [2.05, 4.69) is 47.8 Å². The van der Waals surface area contributed by atoms with Crippen molar-refractivity contribution in [3.63, 3.8) is 0 Å². The van der Waals surface area contributed by atoms with Crippen molar-refractivity contribution in [1.29, 1.82) is 0 Å². The first-order valence-electron chi connectivity index (χ1n) is 10.1. The van der Waals surface area contributed by atoms with Gasteiger partial charge in [-0.15, -0.1) is 0 Å². The summed E-state index contributed by atoms with van der Waals surface area (Å²) in [6.45, 7) is 4.23. The van der Waals surface area contributed by atoms with E-state index in [0.29, 0.717) is 6.04 Å². The van der Waals surface area contributed by atoms with E-state index in [1.165, 1.54) is 27.6 Å². The van der Waals surface area contributed by atoms with Crippen LogP contribution in [0.1, 0.15) is 48.4 Å². The molecule has 1 saturated carbocycles. The van der Waals surface area contributed by atoms with E-state index < -0.39 is 0 Å². The molecule has 3 aromatic rings. The number of nitrogens with zero attached hydrogens (tertiary/aromatic N) is 2. The van der Waals surface area contributed by atoms with Gasteiger partial charge in [0.05, 0.1) is 6.10 Å². The van der Waals surface area contributed by atoms with Gasteiger partial charge in [-0.2, -0.15) is 0 Å². The Labute approximate surface area is 166 Å². The third-order valence-electron chi connectivity index (χ3n) is 6.21. The molecule has 1 heterocycles. The molecule has 4 rings (SSSR count). The van der Waals surface area contributed by atoms with Gasteiger partial charge in [0.25, 0.3) is 0 Å². The molecule has 4 heteroatoms. The number of nitrogens with two attached hydrogens (primary N) is 1. The van der Waals surface area contributed by atoms with E-state index in [1.54, 1.807) is 0 Å². The Bertz CT molecular complexity index is 1040. The van der Waals surface area contributed by atoms with Gasteiger partial charge in [-0.05, 0) is 80.0 Å². The average molecular weight is 376 g/mol. The molecule has 0 saturated heterocycles. The Kier molecular flexibility index (Phi) is 4.98. The van der Waals surface area contributed by atoms with Gasteiger partial charge in [0.2, 0.25) is 0 Å². The van der Waals surface area contributed by atoms with E-state index in [0.717, 1.165) is 42.5 Å². The molecule has 1 aliphatic rings. The number of aliphatic hydroxyl groups is 1. The zero-order chi connectivity index (χ0) is 19.8. The van der Waals surface area contributed by atoms with Gasteiger partial charge in [0, 0.05) is 47.7 Å². The molecule has 0 amide bonds. The molecule has 146 valence electrons. The number of aliphatic hydroxyl groups excluding tert-OH is 1. The maximum Gasteiger partial charge on any atom is 0.0541 e. The topological polar surface area (TPSA) is 63.5 Å². The van der Waals surface area contributed by atoms with Crippen LogP contribution in [0.2, 0.25) is 0 Å². The Morgan fingerprint density at radius 3 is 2.57 bits per heavy atom. The van der Waals surface area contributed by atoms with E-state index in [9.17, 15) is 5.11 Å². The summed E-state index contributed by atoms with van der Waals surface area (Å²) < 4.78 is 2.43. The van der Waals surface area contributed by atoms with Crippen LogP contribution in [0, 0.1) is 13.8 Å². The number of aromatic nitrogens is 1. The highest BCUT2D eigenvalue weighted by Gasteiger charge is 2.24. The zero-order valence-electron chi connectivity index (χ0n) is 16.9. The Hall–Kier alpha value is -2.59. The molecule has 1 fully saturated rings. The number of aliphatic imine (C=N–C) groups is 1. The molecule has 0 aliphatic heterocycles. The zero-order valence-corrected chi connectivity index (χ0v) is 16.9. The maximum atomic E-state index is 9.94. The van der Waals surface area contributed by atoms with Gasteiger partial charge < -0.3 is 15.4 Å². The van der Waals surface area contributed by atoms with E-state index in [4.69, 9.17) is 5.73 Å². The van der Waals surface area contributed by atoms with Crippen molar-refractivity contribution in [1.82, 2.24) is 4.57 Å².